The summed E-state index contributed by atoms with van der Waals surface area (Å²) in [5.41, 5.74) is 0. The van der Waals surface area contributed by atoms with Crippen LogP contribution in [-0.2, 0) is 0 Å². The van der Waals surface area contributed by atoms with Crippen molar-refractivity contribution in [1.29, 1.82) is 0 Å². The second kappa shape index (κ2) is 12.9. The second-order valence-corrected chi connectivity index (χ2v) is 13.0. The van der Waals surface area contributed by atoms with Crippen LogP contribution in [0.15, 0.2) is 89.6 Å². The van der Waals surface area contributed by atoms with Gasteiger partial charge in [-0.3, -0.25) is 0 Å². The molecular weight excluding hydrogens is 379 g/mol. The Labute approximate surface area is 185 Å². The van der Waals surface area contributed by atoms with Crippen LogP contribution in [0.1, 0.15) is 77.6 Å². The van der Waals surface area contributed by atoms with Crippen LogP contribution in [0.3, 0.4) is 0 Å². The zero-order chi connectivity index (χ0) is 20.9. The third-order valence-corrected chi connectivity index (χ3v) is 12.0. The molecule has 3 rings (SSSR count). The molecule has 2 aliphatic rings. The molecule has 0 aromatic heterocycles. The van der Waals surface area contributed by atoms with E-state index in [0.717, 1.165) is 6.42 Å². The third-order valence-electron chi connectivity index (χ3n) is 6.71. The molecule has 0 nitrogen and oxygen atoms in total. The predicted octanol–water partition coefficient (Wildman–Crippen LogP) is 8.84. The van der Waals surface area contributed by atoms with Gasteiger partial charge in [0.05, 0.1) is 0 Å². The Kier molecular flexibility index (Phi) is 9.91. The van der Waals surface area contributed by atoms with Crippen LogP contribution in [-0.4, -0.2) is 6.16 Å². The van der Waals surface area contributed by atoms with Gasteiger partial charge in [-0.05, 0) is 0 Å². The molecule has 162 valence electrons. The Morgan fingerprint density at radius 1 is 0.767 bits per heavy atom. The van der Waals surface area contributed by atoms with Crippen molar-refractivity contribution in [3.05, 3.63) is 89.6 Å². The summed E-state index contributed by atoms with van der Waals surface area (Å²) in [6.07, 6.45) is 34.9. The molecule has 1 aromatic carbocycles. The van der Waals surface area contributed by atoms with Gasteiger partial charge in [0.1, 0.15) is 0 Å². The summed E-state index contributed by atoms with van der Waals surface area (Å²) in [4.78, 5) is 0. The number of hydrogen-bond acceptors (Lipinski definition) is 0. The minimum atomic E-state index is -1.95. The summed E-state index contributed by atoms with van der Waals surface area (Å²) < 4.78 is 0. The van der Waals surface area contributed by atoms with Gasteiger partial charge in [-0.2, -0.15) is 0 Å². The Bertz CT molecular complexity index is 778. The third kappa shape index (κ3) is 6.18. The van der Waals surface area contributed by atoms with E-state index in [1.807, 2.05) is 0 Å². The molecular formula is C29H41P. The van der Waals surface area contributed by atoms with Gasteiger partial charge in [0.25, 0.3) is 0 Å². The van der Waals surface area contributed by atoms with Gasteiger partial charge in [-0.15, -0.1) is 0 Å². The maximum atomic E-state index is 2.47. The van der Waals surface area contributed by atoms with Crippen LogP contribution in [0.4, 0.5) is 0 Å². The first-order valence-corrected chi connectivity index (χ1v) is 14.5. The first-order valence-electron chi connectivity index (χ1n) is 12.3. The number of benzene rings is 1. The number of rotatable bonds is 12. The average molecular weight is 421 g/mol. The van der Waals surface area contributed by atoms with Gasteiger partial charge in [-0.1, -0.05) is 0 Å². The zero-order valence-corrected chi connectivity index (χ0v) is 20.0. The van der Waals surface area contributed by atoms with Crippen LogP contribution < -0.4 is 5.30 Å². The summed E-state index contributed by atoms with van der Waals surface area (Å²) in [5, 5.41) is 4.93. The van der Waals surface area contributed by atoms with Crippen LogP contribution in [0.2, 0.25) is 0 Å². The Hall–Kier alpha value is -1.65. The first kappa shape index (κ1) is 23.0. The molecule has 0 spiro atoms. The van der Waals surface area contributed by atoms with Crippen molar-refractivity contribution in [2.24, 2.45) is 0 Å². The summed E-state index contributed by atoms with van der Waals surface area (Å²) >= 11 is 0. The molecule has 0 atom stereocenters. The van der Waals surface area contributed by atoms with Crippen molar-refractivity contribution < 1.29 is 0 Å². The van der Waals surface area contributed by atoms with Crippen molar-refractivity contribution in [2.75, 3.05) is 6.16 Å². The van der Waals surface area contributed by atoms with E-state index < -0.39 is 7.26 Å². The monoisotopic (exact) mass is 420 g/mol. The molecule has 0 saturated carbocycles. The molecule has 2 aliphatic carbocycles. The first-order chi connectivity index (χ1) is 14.9. The fourth-order valence-corrected chi connectivity index (χ4v) is 10.3. The van der Waals surface area contributed by atoms with E-state index in [1.54, 1.807) is 15.9 Å². The van der Waals surface area contributed by atoms with Crippen LogP contribution >= 0.6 is 7.26 Å². The molecule has 1 heteroatoms. The molecule has 0 amide bonds. The molecule has 0 bridgehead atoms. The number of hydrogen-bond donors (Lipinski definition) is 0. The molecule has 0 radical (unpaired) electrons. The topological polar surface area (TPSA) is 0 Å². The average Bonchev–Trinajstić information content (AvgIpc) is 3.09. The van der Waals surface area contributed by atoms with Gasteiger partial charge in [0.15, 0.2) is 0 Å². The fraction of sp³-hybridized carbons (Fsp3) is 0.448. The molecule has 0 fully saturated rings. The minimum absolute atomic E-state index is 1.05. The van der Waals surface area contributed by atoms with Crippen molar-refractivity contribution >= 4 is 12.6 Å². The molecule has 0 unspecified atom stereocenters. The number of allylic oxidation sites excluding steroid dienone is 10. The van der Waals surface area contributed by atoms with E-state index in [9.17, 15) is 0 Å². The van der Waals surface area contributed by atoms with Crippen molar-refractivity contribution in [3.63, 3.8) is 0 Å². The SMILES string of the molecule is CCCCCCCCCC[PH](C1=CC=CCC=C1)(C1=CC=CCC1)c1ccccc1. The van der Waals surface area contributed by atoms with Crippen LogP contribution in [0.25, 0.3) is 0 Å². The van der Waals surface area contributed by atoms with Gasteiger partial charge in [0, 0.05) is 0 Å². The second-order valence-electron chi connectivity index (χ2n) is 8.84. The van der Waals surface area contributed by atoms with E-state index in [-0.39, 0.29) is 0 Å². The molecule has 30 heavy (non-hydrogen) atoms. The molecule has 0 saturated heterocycles. The summed E-state index contributed by atoms with van der Waals surface area (Å²) in [7, 11) is -1.95. The normalized spacial score (nSPS) is 16.8. The Morgan fingerprint density at radius 3 is 2.23 bits per heavy atom. The molecule has 0 N–H and O–H groups in total. The van der Waals surface area contributed by atoms with Crippen molar-refractivity contribution in [2.45, 2.75) is 77.6 Å². The molecule has 1 aromatic rings. The van der Waals surface area contributed by atoms with Crippen LogP contribution in [0, 0.1) is 0 Å². The zero-order valence-electron chi connectivity index (χ0n) is 19.0. The standard InChI is InChI=1S/C29H41P/c1-2-3-4-5-6-7-10-19-26-30(28-22-15-11-16-23-28,29-24-17-12-18-25-29)27-20-13-8-9-14-21-27/h8,11-17,20-24,30H,2-7,9-10,18-19,25-26H2,1H3. The number of unbranched alkanes of at least 4 members (excludes halogenated alkanes) is 7. The van der Waals surface area contributed by atoms with E-state index in [1.165, 1.54) is 70.4 Å². The summed E-state index contributed by atoms with van der Waals surface area (Å²) in [6.45, 7) is 2.30. The van der Waals surface area contributed by atoms with Crippen molar-refractivity contribution in [3.8, 4) is 0 Å². The maximum absolute atomic E-state index is 2.47. The van der Waals surface area contributed by atoms with Gasteiger partial charge < -0.3 is 0 Å². The molecule has 0 heterocycles. The van der Waals surface area contributed by atoms with E-state index in [4.69, 9.17) is 0 Å². The predicted molar refractivity (Wildman–Crippen MR) is 139 cm³/mol. The van der Waals surface area contributed by atoms with Crippen LogP contribution in [0.5, 0.6) is 0 Å². The van der Waals surface area contributed by atoms with Crippen molar-refractivity contribution in [1.82, 2.24) is 0 Å². The Balaban J connectivity index is 1.83. The van der Waals surface area contributed by atoms with E-state index in [2.05, 4.69) is 85.9 Å². The van der Waals surface area contributed by atoms with Gasteiger partial charge >= 0.3 is 186 Å². The summed E-state index contributed by atoms with van der Waals surface area (Å²) in [5.74, 6) is 0. The van der Waals surface area contributed by atoms with E-state index in [0.29, 0.717) is 0 Å². The van der Waals surface area contributed by atoms with Gasteiger partial charge in [0.2, 0.25) is 0 Å². The van der Waals surface area contributed by atoms with Gasteiger partial charge in [-0.25, -0.2) is 0 Å². The molecule has 0 aliphatic heterocycles. The summed E-state index contributed by atoms with van der Waals surface area (Å²) in [6, 6.07) is 11.5. The quantitative estimate of drug-likeness (QED) is 0.234. The Morgan fingerprint density at radius 2 is 1.50 bits per heavy atom. The fourth-order valence-electron chi connectivity index (χ4n) is 5.06. The van der Waals surface area contributed by atoms with E-state index >= 15 is 0 Å².